The molecule has 12 heavy (non-hydrogen) atoms. The van der Waals surface area contributed by atoms with Crippen molar-refractivity contribution in [2.75, 3.05) is 13.2 Å². The van der Waals surface area contributed by atoms with Crippen molar-refractivity contribution in [1.29, 1.82) is 0 Å². The first kappa shape index (κ1) is 10.0. The molecule has 0 amide bonds. The summed E-state index contributed by atoms with van der Waals surface area (Å²) in [5.74, 6) is 0.971. The summed E-state index contributed by atoms with van der Waals surface area (Å²) in [5, 5.41) is 0. The van der Waals surface area contributed by atoms with E-state index in [1.807, 2.05) is 0 Å². The topological polar surface area (TPSA) is 9.23 Å². The fraction of sp³-hybridized carbons (Fsp3) is 1.00. The van der Waals surface area contributed by atoms with E-state index in [9.17, 15) is 0 Å². The molecule has 0 aromatic rings. The van der Waals surface area contributed by atoms with Crippen LogP contribution in [0.3, 0.4) is 0 Å². The molecular weight excluding hydrogens is 148 g/mol. The van der Waals surface area contributed by atoms with E-state index < -0.39 is 0 Å². The standard InChI is InChI=1S/C11H22O/c1-2-3-4-6-11-7-5-9-12-10-8-11/h11H,2-10H2,1H3. The molecule has 72 valence electrons. The van der Waals surface area contributed by atoms with Crippen LogP contribution in [-0.2, 0) is 4.74 Å². The lowest BCUT2D eigenvalue weighted by molar-refractivity contribution is 0.141. The first-order chi connectivity index (χ1) is 5.93. The minimum atomic E-state index is 0.971. The summed E-state index contributed by atoms with van der Waals surface area (Å²) in [4.78, 5) is 0. The second kappa shape index (κ2) is 6.47. The van der Waals surface area contributed by atoms with Crippen molar-refractivity contribution in [3.05, 3.63) is 0 Å². The Morgan fingerprint density at radius 1 is 1.17 bits per heavy atom. The Hall–Kier alpha value is -0.0400. The van der Waals surface area contributed by atoms with Crippen LogP contribution in [0.2, 0.25) is 0 Å². The van der Waals surface area contributed by atoms with Gasteiger partial charge in [0.05, 0.1) is 0 Å². The van der Waals surface area contributed by atoms with Crippen molar-refractivity contribution in [2.24, 2.45) is 5.92 Å². The minimum absolute atomic E-state index is 0.971. The van der Waals surface area contributed by atoms with Gasteiger partial charge in [-0.05, 0) is 25.2 Å². The van der Waals surface area contributed by atoms with Crippen molar-refractivity contribution in [2.45, 2.75) is 51.9 Å². The highest BCUT2D eigenvalue weighted by Gasteiger charge is 2.11. The van der Waals surface area contributed by atoms with Crippen molar-refractivity contribution in [3.63, 3.8) is 0 Å². The molecule has 1 heterocycles. The second-order valence-electron chi connectivity index (χ2n) is 3.91. The van der Waals surface area contributed by atoms with Crippen LogP contribution in [0.5, 0.6) is 0 Å². The molecule has 1 aliphatic rings. The molecule has 1 nitrogen and oxygen atoms in total. The predicted molar refractivity (Wildman–Crippen MR) is 52.3 cm³/mol. The number of rotatable bonds is 4. The maximum absolute atomic E-state index is 5.43. The third kappa shape index (κ3) is 4.10. The van der Waals surface area contributed by atoms with Crippen LogP contribution in [0.25, 0.3) is 0 Å². The highest BCUT2D eigenvalue weighted by Crippen LogP contribution is 2.21. The van der Waals surface area contributed by atoms with Gasteiger partial charge in [0.15, 0.2) is 0 Å². The molecule has 1 unspecified atom stereocenters. The van der Waals surface area contributed by atoms with Crippen molar-refractivity contribution in [1.82, 2.24) is 0 Å². The number of hydrogen-bond acceptors (Lipinski definition) is 1. The van der Waals surface area contributed by atoms with Crippen LogP contribution in [0.1, 0.15) is 51.9 Å². The monoisotopic (exact) mass is 170 g/mol. The SMILES string of the molecule is CCCCCC1CCCOCC1. The number of unbranched alkanes of at least 4 members (excludes halogenated alkanes) is 2. The van der Waals surface area contributed by atoms with Crippen LogP contribution in [0.4, 0.5) is 0 Å². The minimum Gasteiger partial charge on any atom is -0.381 e. The van der Waals surface area contributed by atoms with Gasteiger partial charge in [-0.15, -0.1) is 0 Å². The quantitative estimate of drug-likeness (QED) is 0.588. The molecule has 1 saturated heterocycles. The fourth-order valence-electron chi connectivity index (χ4n) is 1.94. The molecule has 0 aromatic heterocycles. The van der Waals surface area contributed by atoms with Gasteiger partial charge in [-0.25, -0.2) is 0 Å². The Labute approximate surface area is 76.5 Å². The van der Waals surface area contributed by atoms with Crippen LogP contribution < -0.4 is 0 Å². The molecule has 0 radical (unpaired) electrons. The van der Waals surface area contributed by atoms with E-state index in [0.717, 1.165) is 19.1 Å². The molecule has 0 bridgehead atoms. The molecule has 0 spiro atoms. The van der Waals surface area contributed by atoms with Crippen molar-refractivity contribution < 1.29 is 4.74 Å². The Bertz CT molecular complexity index is 93.2. The summed E-state index contributed by atoms with van der Waals surface area (Å²) in [7, 11) is 0. The molecular formula is C11H22O. The van der Waals surface area contributed by atoms with Gasteiger partial charge in [-0.1, -0.05) is 32.6 Å². The Morgan fingerprint density at radius 3 is 2.92 bits per heavy atom. The van der Waals surface area contributed by atoms with Crippen LogP contribution in [0.15, 0.2) is 0 Å². The van der Waals surface area contributed by atoms with E-state index >= 15 is 0 Å². The molecule has 0 aromatic carbocycles. The van der Waals surface area contributed by atoms with Gasteiger partial charge in [0.1, 0.15) is 0 Å². The zero-order chi connectivity index (χ0) is 8.65. The summed E-state index contributed by atoms with van der Waals surface area (Å²) in [5.41, 5.74) is 0. The van der Waals surface area contributed by atoms with E-state index in [1.165, 1.54) is 44.9 Å². The van der Waals surface area contributed by atoms with Gasteiger partial charge in [0, 0.05) is 13.2 Å². The lowest BCUT2D eigenvalue weighted by atomic mass is 9.94. The van der Waals surface area contributed by atoms with E-state index in [0.29, 0.717) is 0 Å². The van der Waals surface area contributed by atoms with Gasteiger partial charge in [0.25, 0.3) is 0 Å². The Balaban J connectivity index is 2.04. The van der Waals surface area contributed by atoms with Gasteiger partial charge in [-0.3, -0.25) is 0 Å². The molecule has 1 atom stereocenters. The number of hydrogen-bond donors (Lipinski definition) is 0. The number of ether oxygens (including phenoxy) is 1. The van der Waals surface area contributed by atoms with E-state index in [1.54, 1.807) is 0 Å². The second-order valence-corrected chi connectivity index (χ2v) is 3.91. The lowest BCUT2D eigenvalue weighted by Gasteiger charge is -2.11. The van der Waals surface area contributed by atoms with Crippen molar-refractivity contribution in [3.8, 4) is 0 Å². The fourth-order valence-corrected chi connectivity index (χ4v) is 1.94. The van der Waals surface area contributed by atoms with E-state index in [-0.39, 0.29) is 0 Å². The zero-order valence-electron chi connectivity index (χ0n) is 8.35. The Morgan fingerprint density at radius 2 is 2.08 bits per heavy atom. The predicted octanol–water partition coefficient (Wildman–Crippen LogP) is 3.38. The summed E-state index contributed by atoms with van der Waals surface area (Å²) in [6.45, 7) is 4.29. The van der Waals surface area contributed by atoms with Crippen LogP contribution in [0, 0.1) is 5.92 Å². The molecule has 0 N–H and O–H groups in total. The highest BCUT2D eigenvalue weighted by molar-refractivity contribution is 4.62. The smallest absolute Gasteiger partial charge is 0.0468 e. The van der Waals surface area contributed by atoms with E-state index in [4.69, 9.17) is 4.74 Å². The van der Waals surface area contributed by atoms with Gasteiger partial charge in [-0.2, -0.15) is 0 Å². The first-order valence-electron chi connectivity index (χ1n) is 5.51. The molecule has 1 heteroatoms. The van der Waals surface area contributed by atoms with Gasteiger partial charge in [0.2, 0.25) is 0 Å². The first-order valence-corrected chi connectivity index (χ1v) is 5.51. The largest absolute Gasteiger partial charge is 0.381 e. The molecule has 1 fully saturated rings. The normalized spacial score (nSPS) is 25.2. The average Bonchev–Trinajstić information content (AvgIpc) is 2.33. The van der Waals surface area contributed by atoms with E-state index in [2.05, 4.69) is 6.92 Å². The maximum atomic E-state index is 5.43. The lowest BCUT2D eigenvalue weighted by Crippen LogP contribution is -2.00. The molecule has 0 aliphatic carbocycles. The third-order valence-corrected chi connectivity index (χ3v) is 2.79. The summed E-state index contributed by atoms with van der Waals surface area (Å²) >= 11 is 0. The van der Waals surface area contributed by atoms with Gasteiger partial charge >= 0.3 is 0 Å². The Kier molecular flexibility index (Phi) is 5.42. The summed E-state index contributed by atoms with van der Waals surface area (Å²) < 4.78 is 5.43. The highest BCUT2D eigenvalue weighted by atomic mass is 16.5. The molecule has 1 rings (SSSR count). The summed E-state index contributed by atoms with van der Waals surface area (Å²) in [6, 6.07) is 0. The molecule has 0 saturated carbocycles. The van der Waals surface area contributed by atoms with Crippen LogP contribution >= 0.6 is 0 Å². The average molecular weight is 170 g/mol. The van der Waals surface area contributed by atoms with Gasteiger partial charge < -0.3 is 4.74 Å². The zero-order valence-corrected chi connectivity index (χ0v) is 8.35. The van der Waals surface area contributed by atoms with Crippen LogP contribution in [-0.4, -0.2) is 13.2 Å². The maximum Gasteiger partial charge on any atom is 0.0468 e. The summed E-state index contributed by atoms with van der Waals surface area (Å²) in [6.07, 6.45) is 9.64. The molecule has 1 aliphatic heterocycles. The third-order valence-electron chi connectivity index (χ3n) is 2.79. The van der Waals surface area contributed by atoms with Crippen molar-refractivity contribution >= 4 is 0 Å².